The van der Waals surface area contributed by atoms with Crippen molar-refractivity contribution >= 4 is 17.9 Å². The van der Waals surface area contributed by atoms with Crippen molar-refractivity contribution in [2.24, 2.45) is 0 Å². The zero-order chi connectivity index (χ0) is 55.0. The van der Waals surface area contributed by atoms with Crippen LogP contribution in [0.25, 0.3) is 0 Å². The molecule has 0 aromatic heterocycles. The van der Waals surface area contributed by atoms with Crippen molar-refractivity contribution in [1.29, 1.82) is 0 Å². The van der Waals surface area contributed by atoms with E-state index in [1.807, 2.05) is 0 Å². The maximum Gasteiger partial charge on any atom is 0.306 e. The number of rotatable bonds is 61. The van der Waals surface area contributed by atoms with Gasteiger partial charge in [-0.3, -0.25) is 14.4 Å². The molecule has 76 heavy (non-hydrogen) atoms. The molecule has 0 spiro atoms. The van der Waals surface area contributed by atoms with Crippen LogP contribution >= 0.6 is 0 Å². The molecule has 0 amide bonds. The largest absolute Gasteiger partial charge is 0.462 e. The normalized spacial score (nSPS) is 12.4. The van der Waals surface area contributed by atoms with Gasteiger partial charge in [0.25, 0.3) is 0 Å². The fraction of sp³-hybridized carbons (Fsp3) is 0.814. The van der Waals surface area contributed by atoms with Crippen LogP contribution in [-0.2, 0) is 28.6 Å². The number of esters is 3. The molecule has 0 aromatic rings. The number of hydrogen-bond donors (Lipinski definition) is 0. The molecular weight excluding hydrogens is 937 g/mol. The van der Waals surface area contributed by atoms with Gasteiger partial charge in [0.15, 0.2) is 6.10 Å². The van der Waals surface area contributed by atoms with E-state index in [0.717, 1.165) is 103 Å². The molecule has 0 saturated carbocycles. The first kappa shape index (κ1) is 73.1. The molecule has 0 aliphatic rings. The van der Waals surface area contributed by atoms with Gasteiger partial charge in [-0.2, -0.15) is 0 Å². The average Bonchev–Trinajstić information content (AvgIpc) is 3.42. The van der Waals surface area contributed by atoms with E-state index in [1.165, 1.54) is 205 Å². The summed E-state index contributed by atoms with van der Waals surface area (Å²) in [7, 11) is 0. The lowest BCUT2D eigenvalue weighted by Crippen LogP contribution is -2.30. The van der Waals surface area contributed by atoms with Gasteiger partial charge in [-0.05, 0) is 83.5 Å². The van der Waals surface area contributed by atoms with Gasteiger partial charge in [0.2, 0.25) is 0 Å². The second kappa shape index (κ2) is 64.6. The van der Waals surface area contributed by atoms with Crippen molar-refractivity contribution in [2.45, 2.75) is 354 Å². The summed E-state index contributed by atoms with van der Waals surface area (Å²) in [6.07, 6.45) is 82.4. The first-order valence-electron chi connectivity index (χ1n) is 33.3. The van der Waals surface area contributed by atoms with Gasteiger partial charge in [-0.15, -0.1) is 0 Å². The van der Waals surface area contributed by atoms with E-state index in [9.17, 15) is 14.4 Å². The molecule has 0 bridgehead atoms. The van der Waals surface area contributed by atoms with Gasteiger partial charge in [0.1, 0.15) is 13.2 Å². The van der Waals surface area contributed by atoms with Crippen LogP contribution in [0.2, 0.25) is 0 Å². The SMILES string of the molecule is CC/C=C\C/C=C\C/C=C\CCCCCCCC(=O)OCC(COC(=O)CCCCCCCCCCCCCCCCC/C=C\C/C=C\CCCCCCC)OC(=O)CCCCCCCCCCCCCCCCCC. The molecule has 442 valence electrons. The average molecular weight is 1060 g/mol. The predicted octanol–water partition coefficient (Wildman–Crippen LogP) is 22.7. The van der Waals surface area contributed by atoms with Crippen LogP contribution in [0.1, 0.15) is 348 Å². The van der Waals surface area contributed by atoms with E-state index in [1.54, 1.807) is 0 Å². The summed E-state index contributed by atoms with van der Waals surface area (Å²) in [6, 6.07) is 0. The highest BCUT2D eigenvalue weighted by Gasteiger charge is 2.19. The van der Waals surface area contributed by atoms with Crippen LogP contribution in [0.4, 0.5) is 0 Å². The lowest BCUT2D eigenvalue weighted by atomic mass is 10.0. The van der Waals surface area contributed by atoms with Gasteiger partial charge in [0.05, 0.1) is 0 Å². The topological polar surface area (TPSA) is 78.9 Å². The fourth-order valence-electron chi connectivity index (χ4n) is 9.79. The Hall–Kier alpha value is -2.89. The lowest BCUT2D eigenvalue weighted by Gasteiger charge is -2.18. The summed E-state index contributed by atoms with van der Waals surface area (Å²) in [6.45, 7) is 6.56. The van der Waals surface area contributed by atoms with Crippen LogP contribution in [0.5, 0.6) is 0 Å². The molecule has 6 nitrogen and oxygen atoms in total. The molecule has 0 rings (SSSR count). The van der Waals surface area contributed by atoms with Crippen LogP contribution < -0.4 is 0 Å². The monoisotopic (exact) mass is 1060 g/mol. The summed E-state index contributed by atoms with van der Waals surface area (Å²) in [5.41, 5.74) is 0. The minimum atomic E-state index is -0.780. The van der Waals surface area contributed by atoms with Gasteiger partial charge in [0, 0.05) is 19.3 Å². The third-order valence-electron chi connectivity index (χ3n) is 14.8. The fourth-order valence-corrected chi connectivity index (χ4v) is 9.79. The second-order valence-electron chi connectivity index (χ2n) is 22.4. The molecule has 0 saturated heterocycles. The van der Waals surface area contributed by atoms with Crippen molar-refractivity contribution in [3.63, 3.8) is 0 Å². The molecule has 0 radical (unpaired) electrons. The van der Waals surface area contributed by atoms with Crippen LogP contribution in [0.15, 0.2) is 60.8 Å². The standard InChI is InChI=1S/C70H126O6/c1-4-7-10-13-16-19-22-25-28-30-31-32-33-34-35-36-37-38-39-40-43-45-48-51-54-57-60-63-69(72)75-66-67(65-74-68(71)62-59-56-53-50-47-44-41-27-24-21-18-15-12-9-6-3)76-70(73)64-61-58-55-52-49-46-42-29-26-23-20-17-14-11-8-5-2/h9,12,18,21-22,25,27,30-31,41,67H,4-8,10-11,13-17,19-20,23-24,26,28-29,32-40,42-66H2,1-3H3/b12-9-,21-18-,25-22-,31-30-,41-27-. The number of carbonyl (C=O) groups is 3. The zero-order valence-corrected chi connectivity index (χ0v) is 50.8. The molecule has 1 unspecified atom stereocenters. The highest BCUT2D eigenvalue weighted by Crippen LogP contribution is 2.18. The van der Waals surface area contributed by atoms with Crippen molar-refractivity contribution < 1.29 is 28.6 Å². The Bertz CT molecular complexity index is 1360. The van der Waals surface area contributed by atoms with Crippen LogP contribution in [0, 0.1) is 0 Å². The van der Waals surface area contributed by atoms with Crippen molar-refractivity contribution in [3.8, 4) is 0 Å². The summed E-state index contributed by atoms with van der Waals surface area (Å²) in [4.78, 5) is 38.3. The van der Waals surface area contributed by atoms with E-state index in [2.05, 4.69) is 81.5 Å². The zero-order valence-electron chi connectivity index (χ0n) is 50.8. The van der Waals surface area contributed by atoms with Crippen molar-refractivity contribution in [2.75, 3.05) is 13.2 Å². The Kier molecular flexibility index (Phi) is 62.2. The number of allylic oxidation sites excluding steroid dienone is 10. The maximum atomic E-state index is 12.9. The van der Waals surface area contributed by atoms with Gasteiger partial charge in [-0.25, -0.2) is 0 Å². The molecule has 6 heteroatoms. The lowest BCUT2D eigenvalue weighted by molar-refractivity contribution is -0.167. The third-order valence-corrected chi connectivity index (χ3v) is 14.8. The highest BCUT2D eigenvalue weighted by molar-refractivity contribution is 5.71. The van der Waals surface area contributed by atoms with Gasteiger partial charge < -0.3 is 14.2 Å². The van der Waals surface area contributed by atoms with E-state index in [4.69, 9.17) is 14.2 Å². The summed E-state index contributed by atoms with van der Waals surface area (Å²) >= 11 is 0. The van der Waals surface area contributed by atoms with E-state index < -0.39 is 6.10 Å². The highest BCUT2D eigenvalue weighted by atomic mass is 16.6. The summed E-state index contributed by atoms with van der Waals surface area (Å²) in [5, 5.41) is 0. The first-order chi connectivity index (χ1) is 37.5. The summed E-state index contributed by atoms with van der Waals surface area (Å²) in [5.74, 6) is -0.873. The molecule has 0 aromatic carbocycles. The van der Waals surface area contributed by atoms with Gasteiger partial charge >= 0.3 is 17.9 Å². The molecular formula is C70H126O6. The third kappa shape index (κ3) is 62.0. The Morgan fingerprint density at radius 1 is 0.276 bits per heavy atom. The number of unbranched alkanes of at least 4 members (excludes halogenated alkanes) is 40. The van der Waals surface area contributed by atoms with Crippen LogP contribution in [0.3, 0.4) is 0 Å². The molecule has 0 N–H and O–H groups in total. The molecule has 0 fully saturated rings. The minimum absolute atomic E-state index is 0.0759. The molecule has 0 aliphatic carbocycles. The Morgan fingerprint density at radius 3 is 0.803 bits per heavy atom. The summed E-state index contributed by atoms with van der Waals surface area (Å²) < 4.78 is 16.9. The molecule has 0 aliphatic heterocycles. The van der Waals surface area contributed by atoms with E-state index in [-0.39, 0.29) is 31.1 Å². The quantitative estimate of drug-likeness (QED) is 0.0261. The number of hydrogen-bond acceptors (Lipinski definition) is 6. The Morgan fingerprint density at radius 2 is 0.513 bits per heavy atom. The first-order valence-corrected chi connectivity index (χ1v) is 33.3. The second-order valence-corrected chi connectivity index (χ2v) is 22.4. The Balaban J connectivity index is 4.25. The minimum Gasteiger partial charge on any atom is -0.462 e. The number of carbonyl (C=O) groups excluding carboxylic acids is 3. The predicted molar refractivity (Wildman–Crippen MR) is 330 cm³/mol. The van der Waals surface area contributed by atoms with Crippen LogP contribution in [-0.4, -0.2) is 37.2 Å². The van der Waals surface area contributed by atoms with E-state index in [0.29, 0.717) is 19.3 Å². The van der Waals surface area contributed by atoms with Crippen molar-refractivity contribution in [1.82, 2.24) is 0 Å². The van der Waals surface area contributed by atoms with E-state index >= 15 is 0 Å². The number of ether oxygens (including phenoxy) is 3. The maximum absolute atomic E-state index is 12.9. The smallest absolute Gasteiger partial charge is 0.306 e. The van der Waals surface area contributed by atoms with Crippen molar-refractivity contribution in [3.05, 3.63) is 60.8 Å². The Labute approximate surface area is 472 Å². The van der Waals surface area contributed by atoms with Gasteiger partial charge in [-0.1, -0.05) is 306 Å². The molecule has 1 atom stereocenters. The molecule has 0 heterocycles.